The Morgan fingerprint density at radius 2 is 2.10 bits per heavy atom. The summed E-state index contributed by atoms with van der Waals surface area (Å²) in [5.41, 5.74) is -0.913. The van der Waals surface area contributed by atoms with E-state index in [1.165, 1.54) is 0 Å². The highest BCUT2D eigenvalue weighted by atomic mass is 16.2. The molecule has 110 valence electrons. The summed E-state index contributed by atoms with van der Waals surface area (Å²) in [6.45, 7) is 5.99. The third-order valence-electron chi connectivity index (χ3n) is 3.57. The van der Waals surface area contributed by atoms with Gasteiger partial charge in [0.15, 0.2) is 0 Å². The molecule has 1 aromatic rings. The number of nitriles is 1. The molecule has 1 unspecified atom stereocenters. The smallest absolute Gasteiger partial charge is 0.241 e. The van der Waals surface area contributed by atoms with Crippen molar-refractivity contribution >= 4 is 5.91 Å². The lowest BCUT2D eigenvalue weighted by atomic mass is 9.79. The monoisotopic (exact) mass is 276 g/mol. The number of amides is 1. The predicted octanol–water partition coefficient (Wildman–Crippen LogP) is 3.09. The van der Waals surface area contributed by atoms with Crippen molar-refractivity contribution in [2.24, 2.45) is 5.41 Å². The van der Waals surface area contributed by atoms with Crippen LogP contribution >= 0.6 is 0 Å². The highest BCUT2D eigenvalue weighted by Gasteiger charge is 2.38. The highest BCUT2D eigenvalue weighted by molar-refractivity contribution is 5.85. The first kappa shape index (κ1) is 16.2. The zero-order chi connectivity index (χ0) is 15.0. The number of nitrogens with one attached hydrogen (secondary N) is 2. The Morgan fingerprint density at radius 3 is 2.50 bits per heavy atom. The van der Waals surface area contributed by atoms with Gasteiger partial charge in [-0.2, -0.15) is 5.26 Å². The lowest BCUT2D eigenvalue weighted by Gasteiger charge is -2.27. The van der Waals surface area contributed by atoms with Crippen molar-refractivity contribution in [3.63, 3.8) is 0 Å². The maximum atomic E-state index is 12.6. The van der Waals surface area contributed by atoms with Crippen LogP contribution in [0.25, 0.3) is 0 Å². The van der Waals surface area contributed by atoms with E-state index >= 15 is 0 Å². The van der Waals surface area contributed by atoms with Crippen LogP contribution in [0, 0.1) is 16.7 Å². The number of carbonyl (C=O) groups is 1. The van der Waals surface area contributed by atoms with Gasteiger partial charge in [-0.1, -0.05) is 33.6 Å². The van der Waals surface area contributed by atoms with Crippen LogP contribution in [0.1, 0.15) is 64.7 Å². The standard InChI is InChI=1S/C15H24N4O/c1-4-7-15(11-16,8-5-2)14(20)19-12(6-3)13-17-9-10-18-13/h9-10,12H,4-8H2,1-3H3,(H,17,18)(H,19,20). The first-order chi connectivity index (χ1) is 9.63. The van der Waals surface area contributed by atoms with E-state index in [0.717, 1.165) is 25.1 Å². The van der Waals surface area contributed by atoms with Gasteiger partial charge in [0.2, 0.25) is 5.91 Å². The zero-order valence-corrected chi connectivity index (χ0v) is 12.6. The number of imidazole rings is 1. The van der Waals surface area contributed by atoms with Gasteiger partial charge in [0.05, 0.1) is 12.1 Å². The number of hydrogen-bond donors (Lipinski definition) is 2. The Bertz CT molecular complexity index is 441. The maximum Gasteiger partial charge on any atom is 0.241 e. The minimum Gasteiger partial charge on any atom is -0.347 e. The molecule has 5 nitrogen and oxygen atoms in total. The van der Waals surface area contributed by atoms with Crippen LogP contribution in [0.2, 0.25) is 0 Å². The Balaban J connectivity index is 2.87. The molecule has 0 bridgehead atoms. The molecule has 0 saturated heterocycles. The Labute approximate surface area is 120 Å². The van der Waals surface area contributed by atoms with Crippen LogP contribution in [-0.2, 0) is 4.79 Å². The van der Waals surface area contributed by atoms with Crippen molar-refractivity contribution in [1.29, 1.82) is 5.26 Å². The summed E-state index contributed by atoms with van der Waals surface area (Å²) in [6, 6.07) is 2.08. The summed E-state index contributed by atoms with van der Waals surface area (Å²) in [4.78, 5) is 19.8. The van der Waals surface area contributed by atoms with Crippen molar-refractivity contribution in [3.8, 4) is 6.07 Å². The summed E-state index contributed by atoms with van der Waals surface area (Å²) >= 11 is 0. The predicted molar refractivity (Wildman–Crippen MR) is 77.6 cm³/mol. The van der Waals surface area contributed by atoms with Crippen molar-refractivity contribution in [1.82, 2.24) is 15.3 Å². The summed E-state index contributed by atoms with van der Waals surface area (Å²) < 4.78 is 0. The first-order valence-corrected chi connectivity index (χ1v) is 7.35. The second kappa shape index (κ2) is 7.68. The van der Waals surface area contributed by atoms with E-state index in [1.807, 2.05) is 20.8 Å². The number of nitrogens with zero attached hydrogens (tertiary/aromatic N) is 2. The van der Waals surface area contributed by atoms with Gasteiger partial charge in [-0.05, 0) is 19.3 Å². The van der Waals surface area contributed by atoms with Crippen LogP contribution in [0.4, 0.5) is 0 Å². The number of aromatic amines is 1. The van der Waals surface area contributed by atoms with E-state index in [0.29, 0.717) is 12.8 Å². The minimum absolute atomic E-state index is 0.168. The molecule has 1 aromatic heterocycles. The molecule has 0 fully saturated rings. The number of hydrogen-bond acceptors (Lipinski definition) is 3. The van der Waals surface area contributed by atoms with Gasteiger partial charge in [-0.3, -0.25) is 4.79 Å². The lowest BCUT2D eigenvalue weighted by molar-refractivity contribution is -0.129. The minimum atomic E-state index is -0.913. The molecular formula is C15H24N4O. The fourth-order valence-electron chi connectivity index (χ4n) is 2.50. The first-order valence-electron chi connectivity index (χ1n) is 7.35. The average molecular weight is 276 g/mol. The van der Waals surface area contributed by atoms with E-state index < -0.39 is 5.41 Å². The molecule has 0 radical (unpaired) electrons. The third kappa shape index (κ3) is 3.60. The maximum absolute atomic E-state index is 12.6. The molecule has 0 aliphatic heterocycles. The number of aromatic nitrogens is 2. The van der Waals surface area contributed by atoms with Gasteiger partial charge in [0.25, 0.3) is 0 Å². The fraction of sp³-hybridized carbons (Fsp3) is 0.667. The molecule has 2 N–H and O–H groups in total. The van der Waals surface area contributed by atoms with Gasteiger partial charge in [-0.15, -0.1) is 0 Å². The van der Waals surface area contributed by atoms with E-state index in [2.05, 4.69) is 21.4 Å². The van der Waals surface area contributed by atoms with Crippen molar-refractivity contribution in [2.75, 3.05) is 0 Å². The van der Waals surface area contributed by atoms with Gasteiger partial charge in [0.1, 0.15) is 11.2 Å². The second-order valence-corrected chi connectivity index (χ2v) is 5.10. The molecule has 1 atom stereocenters. The zero-order valence-electron chi connectivity index (χ0n) is 12.6. The molecule has 1 amide bonds. The summed E-state index contributed by atoms with van der Waals surface area (Å²) in [6.07, 6.45) is 6.96. The van der Waals surface area contributed by atoms with E-state index in [1.54, 1.807) is 12.4 Å². The van der Waals surface area contributed by atoms with Crippen LogP contribution in [0.15, 0.2) is 12.4 Å². The van der Waals surface area contributed by atoms with Crippen LogP contribution in [-0.4, -0.2) is 15.9 Å². The lowest BCUT2D eigenvalue weighted by Crippen LogP contribution is -2.42. The molecule has 0 aliphatic carbocycles. The summed E-state index contributed by atoms with van der Waals surface area (Å²) in [5, 5.41) is 12.5. The van der Waals surface area contributed by atoms with Crippen molar-refractivity contribution in [2.45, 2.75) is 58.9 Å². The molecule has 0 aliphatic rings. The quantitative estimate of drug-likeness (QED) is 0.765. The van der Waals surface area contributed by atoms with E-state index in [-0.39, 0.29) is 11.9 Å². The molecule has 0 saturated carbocycles. The molecule has 1 rings (SSSR count). The van der Waals surface area contributed by atoms with E-state index in [9.17, 15) is 10.1 Å². The normalized spacial score (nSPS) is 12.7. The summed E-state index contributed by atoms with van der Waals surface area (Å²) in [7, 11) is 0. The highest BCUT2D eigenvalue weighted by Crippen LogP contribution is 2.30. The third-order valence-corrected chi connectivity index (χ3v) is 3.57. The Morgan fingerprint density at radius 1 is 1.45 bits per heavy atom. The second-order valence-electron chi connectivity index (χ2n) is 5.10. The summed E-state index contributed by atoms with van der Waals surface area (Å²) in [5.74, 6) is 0.563. The molecular weight excluding hydrogens is 252 g/mol. The Kier molecular flexibility index (Phi) is 6.23. The van der Waals surface area contributed by atoms with Gasteiger partial charge < -0.3 is 10.3 Å². The molecule has 0 aromatic carbocycles. The van der Waals surface area contributed by atoms with Crippen molar-refractivity contribution < 1.29 is 4.79 Å². The number of carbonyl (C=O) groups excluding carboxylic acids is 1. The van der Waals surface area contributed by atoms with Gasteiger partial charge in [0, 0.05) is 12.4 Å². The SMILES string of the molecule is CCCC(C#N)(CCC)C(=O)NC(CC)c1ncc[nH]1. The van der Waals surface area contributed by atoms with Crippen molar-refractivity contribution in [3.05, 3.63) is 18.2 Å². The largest absolute Gasteiger partial charge is 0.347 e. The van der Waals surface area contributed by atoms with Gasteiger partial charge in [-0.25, -0.2) is 4.98 Å². The van der Waals surface area contributed by atoms with Crippen LogP contribution in [0.3, 0.4) is 0 Å². The molecule has 0 spiro atoms. The average Bonchev–Trinajstić information content (AvgIpc) is 2.98. The molecule has 5 heteroatoms. The molecule has 1 heterocycles. The van der Waals surface area contributed by atoms with Crippen LogP contribution in [0.5, 0.6) is 0 Å². The topological polar surface area (TPSA) is 81.6 Å². The number of H-pyrrole nitrogens is 1. The fourth-order valence-corrected chi connectivity index (χ4v) is 2.50. The number of rotatable bonds is 8. The van der Waals surface area contributed by atoms with Gasteiger partial charge >= 0.3 is 0 Å². The van der Waals surface area contributed by atoms with E-state index in [4.69, 9.17) is 0 Å². The Hall–Kier alpha value is -1.83. The molecule has 20 heavy (non-hydrogen) atoms. The van der Waals surface area contributed by atoms with Crippen LogP contribution < -0.4 is 5.32 Å².